The second-order valence-electron chi connectivity index (χ2n) is 11.2. The standard InChI is InChI=1S/C30H37N5O/c1-19-8-9-28-20(2)14-24(23-10-12-33(13-11-23)25-6-5-7-25)18-34(28)30(36)15-26(19)27-16-29-22(4)31-21(3)17-35(29)32-27/h9,14-19,23,25H,5-8,10-13H2,1-4H3. The summed E-state index contributed by atoms with van der Waals surface area (Å²) in [4.78, 5) is 22.9. The summed E-state index contributed by atoms with van der Waals surface area (Å²) in [5, 5.41) is 4.84. The fourth-order valence-electron chi connectivity index (χ4n) is 6.30. The Morgan fingerprint density at radius 1 is 1.03 bits per heavy atom. The molecule has 1 saturated heterocycles. The Kier molecular flexibility index (Phi) is 5.95. The molecule has 0 radical (unpaired) electrons. The molecule has 1 saturated carbocycles. The summed E-state index contributed by atoms with van der Waals surface area (Å²) < 4.78 is 1.90. The van der Waals surface area contributed by atoms with Crippen molar-refractivity contribution in [2.24, 2.45) is 11.8 Å². The third kappa shape index (κ3) is 4.15. The Morgan fingerprint density at radius 3 is 2.53 bits per heavy atom. The van der Waals surface area contributed by atoms with Crippen molar-refractivity contribution in [1.29, 1.82) is 0 Å². The highest BCUT2D eigenvalue weighted by Gasteiger charge is 2.32. The van der Waals surface area contributed by atoms with Crippen LogP contribution in [-0.2, 0) is 4.79 Å². The van der Waals surface area contributed by atoms with Gasteiger partial charge < -0.3 is 4.90 Å². The molecule has 188 valence electrons. The minimum atomic E-state index is 0.0164. The van der Waals surface area contributed by atoms with Gasteiger partial charge in [-0.15, -0.1) is 0 Å². The molecule has 2 aromatic heterocycles. The molecule has 5 heterocycles. The molecule has 0 spiro atoms. The van der Waals surface area contributed by atoms with E-state index < -0.39 is 0 Å². The maximum atomic E-state index is 13.7. The van der Waals surface area contributed by atoms with Gasteiger partial charge in [-0.1, -0.05) is 25.5 Å². The molecule has 1 unspecified atom stereocenters. The number of hydrogen-bond acceptors (Lipinski definition) is 4. The molecular weight excluding hydrogens is 446 g/mol. The Labute approximate surface area is 214 Å². The first-order valence-electron chi connectivity index (χ1n) is 13.6. The molecule has 1 atom stereocenters. The number of rotatable bonds is 3. The molecule has 0 bridgehead atoms. The molecule has 6 rings (SSSR count). The molecule has 36 heavy (non-hydrogen) atoms. The quantitative estimate of drug-likeness (QED) is 0.571. The predicted octanol–water partition coefficient (Wildman–Crippen LogP) is 5.59. The van der Waals surface area contributed by atoms with Crippen molar-refractivity contribution in [3.05, 3.63) is 70.6 Å². The fourth-order valence-corrected chi connectivity index (χ4v) is 6.30. The van der Waals surface area contributed by atoms with Crippen molar-refractivity contribution in [2.45, 2.75) is 72.3 Å². The van der Waals surface area contributed by atoms with Crippen molar-refractivity contribution in [2.75, 3.05) is 13.1 Å². The van der Waals surface area contributed by atoms with Gasteiger partial charge in [0.1, 0.15) is 0 Å². The van der Waals surface area contributed by atoms with Crippen LogP contribution in [0.25, 0.3) is 11.1 Å². The Morgan fingerprint density at radius 2 is 1.81 bits per heavy atom. The van der Waals surface area contributed by atoms with Gasteiger partial charge >= 0.3 is 0 Å². The number of aromatic nitrogens is 3. The Bertz CT molecular complexity index is 1330. The lowest BCUT2D eigenvalue weighted by Gasteiger charge is -2.42. The second kappa shape index (κ2) is 9.15. The van der Waals surface area contributed by atoms with Crippen molar-refractivity contribution in [3.63, 3.8) is 0 Å². The zero-order valence-electron chi connectivity index (χ0n) is 22.0. The summed E-state index contributed by atoms with van der Waals surface area (Å²) in [6.45, 7) is 10.7. The molecule has 1 amide bonds. The van der Waals surface area contributed by atoms with Gasteiger partial charge in [0, 0.05) is 24.0 Å². The van der Waals surface area contributed by atoms with Crippen LogP contribution in [0.15, 0.2) is 53.5 Å². The van der Waals surface area contributed by atoms with Crippen LogP contribution in [0.1, 0.15) is 69.5 Å². The molecule has 0 N–H and O–H groups in total. The summed E-state index contributed by atoms with van der Waals surface area (Å²) in [6.07, 6.45) is 17.8. The maximum absolute atomic E-state index is 13.7. The highest BCUT2D eigenvalue weighted by molar-refractivity contribution is 5.98. The lowest BCUT2D eigenvalue weighted by molar-refractivity contribution is -0.122. The van der Waals surface area contributed by atoms with Gasteiger partial charge in [-0.3, -0.25) is 14.7 Å². The number of hydrogen-bond donors (Lipinski definition) is 0. The van der Waals surface area contributed by atoms with Gasteiger partial charge in [-0.25, -0.2) is 4.52 Å². The van der Waals surface area contributed by atoms with E-state index in [4.69, 9.17) is 5.10 Å². The van der Waals surface area contributed by atoms with Crippen molar-refractivity contribution < 1.29 is 4.79 Å². The summed E-state index contributed by atoms with van der Waals surface area (Å²) >= 11 is 0. The zero-order valence-corrected chi connectivity index (χ0v) is 22.0. The number of likely N-dealkylation sites (tertiary alicyclic amines) is 1. The third-order valence-corrected chi connectivity index (χ3v) is 8.68. The van der Waals surface area contributed by atoms with Crippen molar-refractivity contribution in [3.8, 4) is 0 Å². The number of amides is 1. The van der Waals surface area contributed by atoms with E-state index in [1.807, 2.05) is 35.5 Å². The van der Waals surface area contributed by atoms with E-state index in [1.165, 1.54) is 56.3 Å². The third-order valence-electron chi connectivity index (χ3n) is 8.68. The molecule has 2 fully saturated rings. The largest absolute Gasteiger partial charge is 0.300 e. The van der Waals surface area contributed by atoms with E-state index in [2.05, 4.69) is 48.1 Å². The minimum Gasteiger partial charge on any atom is -0.300 e. The summed E-state index contributed by atoms with van der Waals surface area (Å²) in [5.74, 6) is 0.732. The van der Waals surface area contributed by atoms with Crippen LogP contribution in [0.4, 0.5) is 0 Å². The van der Waals surface area contributed by atoms with Gasteiger partial charge in [0.25, 0.3) is 5.91 Å². The second-order valence-corrected chi connectivity index (χ2v) is 11.2. The Hall–Kier alpha value is -2.99. The zero-order chi connectivity index (χ0) is 25.0. The first-order valence-corrected chi connectivity index (χ1v) is 13.6. The van der Waals surface area contributed by atoms with E-state index in [0.717, 1.165) is 46.3 Å². The minimum absolute atomic E-state index is 0.0164. The van der Waals surface area contributed by atoms with E-state index >= 15 is 0 Å². The average molecular weight is 484 g/mol. The topological polar surface area (TPSA) is 53.7 Å². The highest BCUT2D eigenvalue weighted by atomic mass is 16.2. The molecule has 0 aromatic carbocycles. The van der Waals surface area contributed by atoms with Gasteiger partial charge in [0.05, 0.1) is 28.8 Å². The number of carbonyl (C=O) groups is 1. The first kappa shape index (κ1) is 23.4. The van der Waals surface area contributed by atoms with Crippen LogP contribution in [-0.4, -0.2) is 49.4 Å². The van der Waals surface area contributed by atoms with E-state index in [-0.39, 0.29) is 11.8 Å². The van der Waals surface area contributed by atoms with Gasteiger partial charge in [-0.2, -0.15) is 5.10 Å². The van der Waals surface area contributed by atoms with Crippen LogP contribution in [0.5, 0.6) is 0 Å². The molecule has 1 aliphatic carbocycles. The van der Waals surface area contributed by atoms with Crippen LogP contribution in [0.3, 0.4) is 0 Å². The lowest BCUT2D eigenvalue weighted by atomic mass is 9.83. The molecular formula is C30H37N5O. The molecule has 2 aromatic rings. The maximum Gasteiger partial charge on any atom is 0.255 e. The van der Waals surface area contributed by atoms with Gasteiger partial charge in [0.2, 0.25) is 0 Å². The average Bonchev–Trinajstić information content (AvgIpc) is 3.23. The summed E-state index contributed by atoms with van der Waals surface area (Å²) in [7, 11) is 0. The monoisotopic (exact) mass is 483 g/mol. The van der Waals surface area contributed by atoms with Crippen molar-refractivity contribution >= 4 is 17.0 Å². The number of piperidine rings is 1. The normalized spacial score (nSPS) is 24.4. The van der Waals surface area contributed by atoms with E-state index in [0.29, 0.717) is 5.92 Å². The van der Waals surface area contributed by atoms with Gasteiger partial charge in [-0.05, 0) is 101 Å². The molecule has 6 heteroatoms. The predicted molar refractivity (Wildman–Crippen MR) is 143 cm³/mol. The number of nitrogens with zero attached hydrogens (tertiary/aromatic N) is 5. The number of allylic oxidation sites excluding steroid dienone is 5. The molecule has 4 aliphatic rings. The Balaban J connectivity index is 1.29. The smallest absolute Gasteiger partial charge is 0.255 e. The van der Waals surface area contributed by atoms with Crippen LogP contribution in [0.2, 0.25) is 0 Å². The summed E-state index contributed by atoms with van der Waals surface area (Å²) in [6, 6.07) is 2.89. The molecule has 3 aliphatic heterocycles. The number of aryl methyl sites for hydroxylation is 2. The van der Waals surface area contributed by atoms with Crippen LogP contribution < -0.4 is 0 Å². The SMILES string of the molecule is CC1=CC(C2CCN(C3CCC3)CC2)=CN2C(=O)C=C(c3cc4c(C)nc(C)cn4n3)C(C)CC=C12. The van der Waals surface area contributed by atoms with Crippen molar-refractivity contribution in [1.82, 2.24) is 24.4 Å². The van der Waals surface area contributed by atoms with Crippen LogP contribution >= 0.6 is 0 Å². The summed E-state index contributed by atoms with van der Waals surface area (Å²) in [5.41, 5.74) is 8.26. The van der Waals surface area contributed by atoms with E-state index in [9.17, 15) is 4.79 Å². The van der Waals surface area contributed by atoms with Gasteiger partial charge in [0.15, 0.2) is 0 Å². The molecule has 6 nitrogen and oxygen atoms in total. The fraction of sp³-hybridized carbons (Fsp3) is 0.500. The lowest BCUT2D eigenvalue weighted by Crippen LogP contribution is -2.45. The highest BCUT2D eigenvalue weighted by Crippen LogP contribution is 2.37. The first-order chi connectivity index (χ1) is 17.4. The van der Waals surface area contributed by atoms with Crippen LogP contribution in [0, 0.1) is 25.7 Å². The number of carbonyl (C=O) groups excluding carboxylic acids is 1. The number of fused-ring (bicyclic) bond motifs is 2. The van der Waals surface area contributed by atoms with E-state index in [1.54, 1.807) is 0 Å².